The molecule has 2 aromatic rings. The lowest BCUT2D eigenvalue weighted by atomic mass is 9.93. The Morgan fingerprint density at radius 3 is 2.78 bits per heavy atom. The summed E-state index contributed by atoms with van der Waals surface area (Å²) in [6, 6.07) is 19.2. The number of aliphatic imine (C=N–C) groups is 1. The third kappa shape index (κ3) is 4.26. The average Bonchev–Trinajstić information content (AvgIpc) is 3.17. The zero-order valence-electron chi connectivity index (χ0n) is 16.1. The van der Waals surface area contributed by atoms with E-state index in [-0.39, 0.29) is 0 Å². The smallest absolute Gasteiger partial charge is 0.193 e. The number of rotatable bonds is 4. The summed E-state index contributed by atoms with van der Waals surface area (Å²) in [6.45, 7) is 3.87. The molecular weight excluding hydrogens is 334 g/mol. The van der Waals surface area contributed by atoms with E-state index < -0.39 is 0 Å². The third-order valence-electron chi connectivity index (χ3n) is 5.75. The van der Waals surface area contributed by atoms with Crippen LogP contribution in [0.15, 0.2) is 59.6 Å². The molecule has 2 heterocycles. The Kier molecular flexibility index (Phi) is 5.61. The summed E-state index contributed by atoms with van der Waals surface area (Å²) in [5, 5.41) is 3.63. The zero-order valence-corrected chi connectivity index (χ0v) is 16.1. The second kappa shape index (κ2) is 8.47. The van der Waals surface area contributed by atoms with Gasteiger partial charge in [0, 0.05) is 32.6 Å². The molecule has 0 saturated carbocycles. The fraction of sp³-hybridized carbons (Fsp3) is 0.435. The van der Waals surface area contributed by atoms with Crippen molar-refractivity contribution in [3.8, 4) is 5.75 Å². The van der Waals surface area contributed by atoms with Crippen LogP contribution in [-0.4, -0.2) is 44.1 Å². The van der Waals surface area contributed by atoms with Crippen molar-refractivity contribution in [2.75, 3.05) is 33.3 Å². The van der Waals surface area contributed by atoms with Gasteiger partial charge in [-0.1, -0.05) is 48.5 Å². The molecular formula is C23H29N3O. The van der Waals surface area contributed by atoms with Gasteiger partial charge in [-0.05, 0) is 42.4 Å². The van der Waals surface area contributed by atoms with Gasteiger partial charge >= 0.3 is 0 Å². The normalized spacial score (nSPS) is 22.3. The standard InChI is InChI=1S/C23H29N3O/c1-24-23(25-16-20-12-14-27-22-10-6-5-9-21(20)22)26-13-11-19(17-26)15-18-7-3-2-4-8-18/h2-10,19-20H,11-17H2,1H3,(H,24,25). The minimum atomic E-state index is 0.481. The second-order valence-corrected chi connectivity index (χ2v) is 7.59. The van der Waals surface area contributed by atoms with E-state index in [1.165, 1.54) is 17.5 Å². The van der Waals surface area contributed by atoms with Crippen molar-refractivity contribution in [1.82, 2.24) is 10.2 Å². The molecule has 0 radical (unpaired) electrons. The van der Waals surface area contributed by atoms with Crippen LogP contribution in [0.4, 0.5) is 0 Å². The second-order valence-electron chi connectivity index (χ2n) is 7.59. The monoisotopic (exact) mass is 363 g/mol. The maximum absolute atomic E-state index is 5.79. The number of hydrogen-bond donors (Lipinski definition) is 1. The van der Waals surface area contributed by atoms with Crippen LogP contribution in [0.25, 0.3) is 0 Å². The Bertz CT molecular complexity index is 774. The number of benzene rings is 2. The molecule has 0 bridgehead atoms. The molecule has 4 rings (SSSR count). The summed E-state index contributed by atoms with van der Waals surface area (Å²) in [6.07, 6.45) is 3.44. The van der Waals surface area contributed by atoms with Gasteiger partial charge in [-0.3, -0.25) is 4.99 Å². The van der Waals surface area contributed by atoms with Gasteiger partial charge in [-0.25, -0.2) is 0 Å². The lowest BCUT2D eigenvalue weighted by Crippen LogP contribution is -2.42. The van der Waals surface area contributed by atoms with Crippen LogP contribution in [0.3, 0.4) is 0 Å². The van der Waals surface area contributed by atoms with Crippen molar-refractivity contribution in [1.29, 1.82) is 0 Å². The van der Waals surface area contributed by atoms with Crippen molar-refractivity contribution in [2.45, 2.75) is 25.2 Å². The summed E-state index contributed by atoms with van der Waals surface area (Å²) in [4.78, 5) is 6.97. The van der Waals surface area contributed by atoms with E-state index in [1.54, 1.807) is 0 Å². The van der Waals surface area contributed by atoms with Crippen LogP contribution in [0.1, 0.15) is 29.9 Å². The lowest BCUT2D eigenvalue weighted by Gasteiger charge is -2.28. The first-order valence-corrected chi connectivity index (χ1v) is 10.0. The molecule has 1 fully saturated rings. The summed E-state index contributed by atoms with van der Waals surface area (Å²) in [7, 11) is 1.89. The van der Waals surface area contributed by atoms with Crippen LogP contribution in [0.2, 0.25) is 0 Å². The first kappa shape index (κ1) is 17.9. The van der Waals surface area contributed by atoms with Crippen LogP contribution in [0, 0.1) is 5.92 Å². The molecule has 2 aliphatic rings. The SMILES string of the molecule is CN=C(NCC1CCOc2ccccc21)N1CCC(Cc2ccccc2)C1. The topological polar surface area (TPSA) is 36.9 Å². The van der Waals surface area contributed by atoms with E-state index >= 15 is 0 Å². The van der Waals surface area contributed by atoms with E-state index in [4.69, 9.17) is 4.74 Å². The molecule has 0 aromatic heterocycles. The average molecular weight is 364 g/mol. The Morgan fingerprint density at radius 2 is 1.93 bits per heavy atom. The van der Waals surface area contributed by atoms with Crippen LogP contribution >= 0.6 is 0 Å². The highest BCUT2D eigenvalue weighted by atomic mass is 16.5. The third-order valence-corrected chi connectivity index (χ3v) is 5.75. The maximum Gasteiger partial charge on any atom is 0.193 e. The molecule has 142 valence electrons. The minimum Gasteiger partial charge on any atom is -0.493 e. The molecule has 4 heteroatoms. The number of para-hydroxylation sites is 1. The van der Waals surface area contributed by atoms with Gasteiger partial charge in [0.05, 0.1) is 6.61 Å². The lowest BCUT2D eigenvalue weighted by molar-refractivity contribution is 0.266. The van der Waals surface area contributed by atoms with E-state index in [0.29, 0.717) is 11.8 Å². The van der Waals surface area contributed by atoms with Gasteiger partial charge in [0.15, 0.2) is 5.96 Å². The molecule has 2 atom stereocenters. The van der Waals surface area contributed by atoms with E-state index in [2.05, 4.69) is 63.7 Å². The van der Waals surface area contributed by atoms with Gasteiger partial charge in [0.1, 0.15) is 5.75 Å². The number of fused-ring (bicyclic) bond motifs is 1. The fourth-order valence-corrected chi connectivity index (χ4v) is 4.31. The largest absolute Gasteiger partial charge is 0.493 e. The highest BCUT2D eigenvalue weighted by Crippen LogP contribution is 2.32. The van der Waals surface area contributed by atoms with Crippen molar-refractivity contribution >= 4 is 5.96 Å². The van der Waals surface area contributed by atoms with Gasteiger partial charge < -0.3 is 15.0 Å². The van der Waals surface area contributed by atoms with Crippen LogP contribution in [0.5, 0.6) is 5.75 Å². The molecule has 27 heavy (non-hydrogen) atoms. The summed E-state index contributed by atoms with van der Waals surface area (Å²) in [5.74, 6) is 3.26. The van der Waals surface area contributed by atoms with E-state index in [9.17, 15) is 0 Å². The Labute approximate surface area is 162 Å². The fourth-order valence-electron chi connectivity index (χ4n) is 4.31. The number of ether oxygens (including phenoxy) is 1. The van der Waals surface area contributed by atoms with E-state index in [0.717, 1.165) is 50.8 Å². The van der Waals surface area contributed by atoms with Crippen molar-refractivity contribution in [2.24, 2.45) is 10.9 Å². The van der Waals surface area contributed by atoms with Crippen molar-refractivity contribution in [3.63, 3.8) is 0 Å². The molecule has 2 aromatic carbocycles. The Morgan fingerprint density at radius 1 is 1.11 bits per heavy atom. The molecule has 2 aliphatic heterocycles. The van der Waals surface area contributed by atoms with Crippen LogP contribution < -0.4 is 10.1 Å². The van der Waals surface area contributed by atoms with Gasteiger partial charge in [0.25, 0.3) is 0 Å². The van der Waals surface area contributed by atoms with Crippen molar-refractivity contribution < 1.29 is 4.74 Å². The first-order valence-electron chi connectivity index (χ1n) is 10.0. The van der Waals surface area contributed by atoms with Gasteiger partial charge in [-0.2, -0.15) is 0 Å². The predicted molar refractivity (Wildman–Crippen MR) is 110 cm³/mol. The Balaban J connectivity index is 1.33. The number of guanidine groups is 1. The summed E-state index contributed by atoms with van der Waals surface area (Å²) < 4.78 is 5.79. The molecule has 1 N–H and O–H groups in total. The maximum atomic E-state index is 5.79. The minimum absolute atomic E-state index is 0.481. The Hall–Kier alpha value is -2.49. The molecule has 1 saturated heterocycles. The molecule has 4 nitrogen and oxygen atoms in total. The van der Waals surface area contributed by atoms with E-state index in [1.807, 2.05) is 13.1 Å². The summed E-state index contributed by atoms with van der Waals surface area (Å²) in [5.41, 5.74) is 2.75. The number of hydrogen-bond acceptors (Lipinski definition) is 2. The highest BCUT2D eigenvalue weighted by Gasteiger charge is 2.26. The number of nitrogens with zero attached hydrogens (tertiary/aromatic N) is 2. The highest BCUT2D eigenvalue weighted by molar-refractivity contribution is 5.80. The molecule has 2 unspecified atom stereocenters. The van der Waals surface area contributed by atoms with Gasteiger partial charge in [0.2, 0.25) is 0 Å². The number of nitrogens with one attached hydrogen (secondary N) is 1. The van der Waals surface area contributed by atoms with Crippen LogP contribution in [-0.2, 0) is 6.42 Å². The number of likely N-dealkylation sites (tertiary alicyclic amines) is 1. The predicted octanol–water partition coefficient (Wildman–Crippen LogP) is 3.69. The zero-order chi connectivity index (χ0) is 18.5. The van der Waals surface area contributed by atoms with Gasteiger partial charge in [-0.15, -0.1) is 0 Å². The summed E-state index contributed by atoms with van der Waals surface area (Å²) >= 11 is 0. The molecule has 0 aliphatic carbocycles. The molecule has 0 spiro atoms. The van der Waals surface area contributed by atoms with Crippen molar-refractivity contribution in [3.05, 3.63) is 65.7 Å². The first-order chi connectivity index (χ1) is 13.3. The molecule has 0 amide bonds. The quantitative estimate of drug-likeness (QED) is 0.665.